The lowest BCUT2D eigenvalue weighted by atomic mass is 9.82. The molecule has 2 N–H and O–H groups in total. The van der Waals surface area contributed by atoms with E-state index in [1.165, 1.54) is 31.4 Å². The summed E-state index contributed by atoms with van der Waals surface area (Å²) >= 11 is 0. The van der Waals surface area contributed by atoms with E-state index in [-0.39, 0.29) is 5.41 Å². The first-order chi connectivity index (χ1) is 7.19. The highest BCUT2D eigenvalue weighted by Crippen LogP contribution is 2.40. The molecule has 1 aliphatic rings. The molecule has 0 aliphatic heterocycles. The summed E-state index contributed by atoms with van der Waals surface area (Å²) in [5, 5.41) is 4.41. The molecule has 1 fully saturated rings. The van der Waals surface area contributed by atoms with Crippen LogP contribution in [-0.4, -0.2) is 16.3 Å². The lowest BCUT2D eigenvalue weighted by molar-refractivity contribution is 0.384. The highest BCUT2D eigenvalue weighted by Gasteiger charge is 2.37. The van der Waals surface area contributed by atoms with Gasteiger partial charge in [0.1, 0.15) is 0 Å². The summed E-state index contributed by atoms with van der Waals surface area (Å²) in [5.41, 5.74) is 7.54. The number of nitrogens with two attached hydrogens (primary N) is 1. The molecule has 1 heterocycles. The average Bonchev–Trinajstić information content (AvgIpc) is 2.87. The van der Waals surface area contributed by atoms with Crippen molar-refractivity contribution in [1.82, 2.24) is 9.78 Å². The Morgan fingerprint density at radius 2 is 2.13 bits per heavy atom. The summed E-state index contributed by atoms with van der Waals surface area (Å²) in [6.07, 6.45) is 6.97. The van der Waals surface area contributed by atoms with E-state index in [1.54, 1.807) is 0 Å². The molecule has 0 saturated heterocycles. The number of nitrogens with zero attached hydrogens (tertiary/aromatic N) is 2. The van der Waals surface area contributed by atoms with Crippen molar-refractivity contribution in [2.75, 3.05) is 6.54 Å². The minimum Gasteiger partial charge on any atom is -0.330 e. The Labute approximate surface area is 91.7 Å². The van der Waals surface area contributed by atoms with Gasteiger partial charge in [-0.1, -0.05) is 12.8 Å². The van der Waals surface area contributed by atoms with Gasteiger partial charge in [0.2, 0.25) is 0 Å². The molecule has 0 spiro atoms. The van der Waals surface area contributed by atoms with Crippen LogP contribution in [0.1, 0.15) is 51.3 Å². The van der Waals surface area contributed by atoms with Gasteiger partial charge in [0, 0.05) is 29.9 Å². The van der Waals surface area contributed by atoms with Crippen LogP contribution >= 0.6 is 0 Å². The molecule has 1 aliphatic carbocycles. The van der Waals surface area contributed by atoms with E-state index in [0.717, 1.165) is 6.54 Å². The molecule has 0 atom stereocenters. The van der Waals surface area contributed by atoms with Crippen molar-refractivity contribution < 1.29 is 0 Å². The Morgan fingerprint density at radius 1 is 1.47 bits per heavy atom. The van der Waals surface area contributed by atoms with E-state index >= 15 is 0 Å². The molecule has 1 saturated carbocycles. The van der Waals surface area contributed by atoms with Crippen LogP contribution in [0.2, 0.25) is 0 Å². The average molecular weight is 207 g/mol. The number of hydrogen-bond acceptors (Lipinski definition) is 2. The fourth-order valence-corrected chi connectivity index (χ4v) is 2.76. The van der Waals surface area contributed by atoms with Gasteiger partial charge in [-0.15, -0.1) is 0 Å². The van der Waals surface area contributed by atoms with Crippen LogP contribution in [0, 0.1) is 0 Å². The van der Waals surface area contributed by atoms with Crippen LogP contribution < -0.4 is 5.73 Å². The molecule has 0 aromatic carbocycles. The van der Waals surface area contributed by atoms with Crippen molar-refractivity contribution in [3.05, 3.63) is 18.0 Å². The third-order valence-electron chi connectivity index (χ3n) is 3.65. The summed E-state index contributed by atoms with van der Waals surface area (Å²) in [6, 6.07) is 2.58. The molecule has 3 nitrogen and oxygen atoms in total. The van der Waals surface area contributed by atoms with Crippen LogP contribution in [0.25, 0.3) is 0 Å². The van der Waals surface area contributed by atoms with Gasteiger partial charge in [0.05, 0.1) is 0 Å². The maximum atomic E-state index is 5.99. The highest BCUT2D eigenvalue weighted by molar-refractivity contribution is 5.19. The molecular formula is C12H21N3. The van der Waals surface area contributed by atoms with E-state index in [2.05, 4.69) is 29.7 Å². The maximum absolute atomic E-state index is 5.99. The van der Waals surface area contributed by atoms with Crippen molar-refractivity contribution in [3.8, 4) is 0 Å². The number of rotatable bonds is 3. The molecule has 3 heteroatoms. The highest BCUT2D eigenvalue weighted by atomic mass is 15.3. The van der Waals surface area contributed by atoms with E-state index in [1.807, 2.05) is 6.20 Å². The van der Waals surface area contributed by atoms with Gasteiger partial charge in [0.15, 0.2) is 0 Å². The molecule has 84 valence electrons. The molecule has 1 aromatic heterocycles. The van der Waals surface area contributed by atoms with Gasteiger partial charge >= 0.3 is 0 Å². The van der Waals surface area contributed by atoms with E-state index < -0.39 is 0 Å². The Bertz CT molecular complexity index is 321. The second-order valence-electron chi connectivity index (χ2n) is 4.95. The number of aromatic nitrogens is 2. The second kappa shape index (κ2) is 3.97. The summed E-state index contributed by atoms with van der Waals surface area (Å²) < 4.78 is 2.14. The van der Waals surface area contributed by atoms with Crippen molar-refractivity contribution in [2.45, 2.75) is 51.0 Å². The molecule has 0 amide bonds. The Kier molecular flexibility index (Phi) is 2.83. The summed E-state index contributed by atoms with van der Waals surface area (Å²) in [4.78, 5) is 0. The predicted molar refractivity (Wildman–Crippen MR) is 61.8 cm³/mol. The molecule has 2 rings (SSSR count). The summed E-state index contributed by atoms with van der Waals surface area (Å²) in [6.45, 7) is 5.11. The lowest BCUT2D eigenvalue weighted by Crippen LogP contribution is -2.35. The zero-order valence-corrected chi connectivity index (χ0v) is 9.74. The SMILES string of the molecule is CC(C)n1nccc1C1(CN)CCCC1. The Hall–Kier alpha value is -0.830. The number of hydrogen-bond donors (Lipinski definition) is 1. The zero-order valence-electron chi connectivity index (χ0n) is 9.74. The summed E-state index contributed by atoms with van der Waals surface area (Å²) in [7, 11) is 0. The van der Waals surface area contributed by atoms with Crippen molar-refractivity contribution >= 4 is 0 Å². The van der Waals surface area contributed by atoms with Gasteiger partial charge in [0.25, 0.3) is 0 Å². The van der Waals surface area contributed by atoms with Crippen molar-refractivity contribution in [1.29, 1.82) is 0 Å². The monoisotopic (exact) mass is 207 g/mol. The van der Waals surface area contributed by atoms with E-state index in [4.69, 9.17) is 5.73 Å². The Morgan fingerprint density at radius 3 is 2.67 bits per heavy atom. The van der Waals surface area contributed by atoms with Crippen LogP contribution in [-0.2, 0) is 5.41 Å². The standard InChI is InChI=1S/C12H21N3/c1-10(2)15-11(5-8-14-15)12(9-13)6-3-4-7-12/h5,8,10H,3-4,6-7,9,13H2,1-2H3. The van der Waals surface area contributed by atoms with Crippen molar-refractivity contribution in [2.24, 2.45) is 5.73 Å². The minimum atomic E-state index is 0.209. The van der Waals surface area contributed by atoms with Gasteiger partial charge in [-0.3, -0.25) is 4.68 Å². The Balaban J connectivity index is 2.38. The first kappa shape index (κ1) is 10.7. The van der Waals surface area contributed by atoms with Crippen molar-refractivity contribution in [3.63, 3.8) is 0 Å². The largest absolute Gasteiger partial charge is 0.330 e. The molecule has 0 bridgehead atoms. The molecule has 0 radical (unpaired) electrons. The first-order valence-electron chi connectivity index (χ1n) is 5.94. The molecule has 0 unspecified atom stereocenters. The molecule has 15 heavy (non-hydrogen) atoms. The van der Waals surface area contributed by atoms with Crippen LogP contribution in [0.3, 0.4) is 0 Å². The van der Waals surface area contributed by atoms with Gasteiger partial charge in [-0.25, -0.2) is 0 Å². The smallest absolute Gasteiger partial charge is 0.0492 e. The predicted octanol–water partition coefficient (Wildman–Crippen LogP) is 2.23. The van der Waals surface area contributed by atoms with E-state index in [0.29, 0.717) is 6.04 Å². The third kappa shape index (κ3) is 1.69. The van der Waals surface area contributed by atoms with Gasteiger partial charge in [-0.2, -0.15) is 5.10 Å². The van der Waals surface area contributed by atoms with Crippen LogP contribution in [0.5, 0.6) is 0 Å². The molecule has 1 aromatic rings. The van der Waals surface area contributed by atoms with Gasteiger partial charge in [-0.05, 0) is 32.8 Å². The van der Waals surface area contributed by atoms with Crippen LogP contribution in [0.4, 0.5) is 0 Å². The first-order valence-corrected chi connectivity index (χ1v) is 5.94. The fraction of sp³-hybridized carbons (Fsp3) is 0.750. The maximum Gasteiger partial charge on any atom is 0.0492 e. The fourth-order valence-electron chi connectivity index (χ4n) is 2.76. The second-order valence-corrected chi connectivity index (χ2v) is 4.95. The molecular weight excluding hydrogens is 186 g/mol. The quantitative estimate of drug-likeness (QED) is 0.826. The van der Waals surface area contributed by atoms with E-state index in [9.17, 15) is 0 Å². The zero-order chi connectivity index (χ0) is 10.9. The lowest BCUT2D eigenvalue weighted by Gasteiger charge is -2.29. The van der Waals surface area contributed by atoms with Crippen LogP contribution in [0.15, 0.2) is 12.3 Å². The topological polar surface area (TPSA) is 43.8 Å². The third-order valence-corrected chi connectivity index (χ3v) is 3.65. The normalized spacial score (nSPS) is 20.0. The van der Waals surface area contributed by atoms with Gasteiger partial charge < -0.3 is 5.73 Å². The minimum absolute atomic E-state index is 0.209. The summed E-state index contributed by atoms with van der Waals surface area (Å²) in [5.74, 6) is 0.